The van der Waals surface area contributed by atoms with Gasteiger partial charge < -0.3 is 0 Å². The molecule has 0 saturated carbocycles. The molecule has 0 unspecified atom stereocenters. The maximum absolute atomic E-state index is 11.3. The van der Waals surface area contributed by atoms with E-state index in [2.05, 4.69) is 15.3 Å². The summed E-state index contributed by atoms with van der Waals surface area (Å²) in [6.07, 6.45) is 1.51. The number of carbonyl (C=O) groups excluding carboxylic acids is 2. The molecule has 1 aliphatic rings. The Morgan fingerprint density at radius 1 is 1.44 bits per heavy atom. The molecule has 0 aliphatic carbocycles. The van der Waals surface area contributed by atoms with Crippen LogP contribution in [0.2, 0.25) is 5.28 Å². The average molecular weight is 256 g/mol. The quantitative estimate of drug-likeness (QED) is 0.612. The summed E-state index contributed by atoms with van der Waals surface area (Å²) in [4.78, 5) is 30.3. The van der Waals surface area contributed by atoms with E-state index >= 15 is 0 Å². The first-order valence-corrected chi connectivity index (χ1v) is 5.50. The fourth-order valence-electron chi connectivity index (χ4n) is 1.18. The summed E-state index contributed by atoms with van der Waals surface area (Å²) in [5, 5.41) is 1.89. The van der Waals surface area contributed by atoms with Gasteiger partial charge >= 0.3 is 0 Å². The zero-order valence-electron chi connectivity index (χ0n) is 8.15. The van der Waals surface area contributed by atoms with Gasteiger partial charge in [0.15, 0.2) is 0 Å². The van der Waals surface area contributed by atoms with Gasteiger partial charge in [-0.1, -0.05) is 0 Å². The highest BCUT2D eigenvalue weighted by Crippen LogP contribution is 2.25. The summed E-state index contributed by atoms with van der Waals surface area (Å²) in [6, 6.07) is 1.68. The third kappa shape index (κ3) is 2.40. The Balaban J connectivity index is 2.36. The van der Waals surface area contributed by atoms with Crippen LogP contribution in [0.3, 0.4) is 0 Å². The van der Waals surface area contributed by atoms with Crippen molar-refractivity contribution in [2.24, 2.45) is 0 Å². The van der Waals surface area contributed by atoms with Crippen molar-refractivity contribution in [1.29, 1.82) is 0 Å². The average Bonchev–Trinajstić information content (AvgIpc) is 2.43. The molecule has 1 fully saturated rings. The van der Waals surface area contributed by atoms with E-state index < -0.39 is 5.91 Å². The van der Waals surface area contributed by atoms with Crippen LogP contribution in [0.15, 0.2) is 11.0 Å². The van der Waals surface area contributed by atoms with Crippen LogP contribution in [0.25, 0.3) is 6.08 Å². The van der Waals surface area contributed by atoms with E-state index in [0.717, 1.165) is 11.8 Å². The van der Waals surface area contributed by atoms with Gasteiger partial charge in [-0.2, -0.15) is 0 Å². The number of nitrogens with zero attached hydrogens (tertiary/aromatic N) is 2. The molecule has 1 saturated heterocycles. The first kappa shape index (κ1) is 11.1. The summed E-state index contributed by atoms with van der Waals surface area (Å²) < 4.78 is 0. The lowest BCUT2D eigenvalue weighted by Gasteiger charge is -1.97. The van der Waals surface area contributed by atoms with E-state index in [1.165, 1.54) is 6.08 Å². The summed E-state index contributed by atoms with van der Waals surface area (Å²) in [5.74, 6) is -0.414. The number of nitrogens with one attached hydrogen (secondary N) is 1. The van der Waals surface area contributed by atoms with E-state index in [0.29, 0.717) is 16.3 Å². The highest BCUT2D eigenvalue weighted by molar-refractivity contribution is 8.18. The van der Waals surface area contributed by atoms with E-state index in [1.54, 1.807) is 13.0 Å². The van der Waals surface area contributed by atoms with Crippen molar-refractivity contribution in [3.63, 3.8) is 0 Å². The molecular weight excluding hydrogens is 250 g/mol. The van der Waals surface area contributed by atoms with Crippen LogP contribution in [-0.2, 0) is 4.79 Å². The van der Waals surface area contributed by atoms with E-state index in [-0.39, 0.29) is 10.5 Å². The number of aromatic nitrogens is 2. The summed E-state index contributed by atoms with van der Waals surface area (Å²) in [6.45, 7) is 1.77. The topological polar surface area (TPSA) is 72.0 Å². The third-order valence-electron chi connectivity index (χ3n) is 1.77. The summed E-state index contributed by atoms with van der Waals surface area (Å²) in [5.41, 5.74) is 1.20. The maximum Gasteiger partial charge on any atom is 0.290 e. The number of amides is 2. The lowest BCUT2D eigenvalue weighted by molar-refractivity contribution is -0.115. The monoisotopic (exact) mass is 255 g/mol. The zero-order valence-corrected chi connectivity index (χ0v) is 9.72. The zero-order chi connectivity index (χ0) is 11.7. The van der Waals surface area contributed by atoms with Crippen LogP contribution < -0.4 is 5.32 Å². The molecule has 82 valence electrons. The fraction of sp³-hybridized carbons (Fsp3) is 0.111. The molecule has 2 rings (SSSR count). The number of halogens is 1. The minimum Gasteiger partial charge on any atom is -0.282 e. The number of rotatable bonds is 1. The summed E-state index contributed by atoms with van der Waals surface area (Å²) >= 11 is 6.51. The molecule has 0 atom stereocenters. The molecule has 0 aromatic carbocycles. The standard InChI is InChI=1S/C9H6ClN3O2S/c1-4-2-5(12-8(10)11-4)3-6-7(14)13-9(15)16-6/h2-3H,1H3,(H,13,14,15). The molecule has 1 aromatic rings. The Morgan fingerprint density at radius 2 is 2.19 bits per heavy atom. The minimum absolute atomic E-state index is 0.113. The van der Waals surface area contributed by atoms with Crippen molar-refractivity contribution in [2.75, 3.05) is 0 Å². The Labute approximate surface area is 100 Å². The highest BCUT2D eigenvalue weighted by Gasteiger charge is 2.25. The molecule has 0 radical (unpaired) electrons. The molecular formula is C9H6ClN3O2S. The van der Waals surface area contributed by atoms with Crippen LogP contribution >= 0.6 is 23.4 Å². The van der Waals surface area contributed by atoms with Crippen LogP contribution in [0.5, 0.6) is 0 Å². The molecule has 1 aromatic heterocycles. The van der Waals surface area contributed by atoms with Crippen LogP contribution in [-0.4, -0.2) is 21.1 Å². The van der Waals surface area contributed by atoms with Crippen molar-refractivity contribution in [2.45, 2.75) is 6.92 Å². The number of hydrogen-bond donors (Lipinski definition) is 1. The second kappa shape index (κ2) is 4.23. The summed E-state index contributed by atoms with van der Waals surface area (Å²) in [7, 11) is 0. The van der Waals surface area contributed by atoms with E-state index in [4.69, 9.17) is 11.6 Å². The van der Waals surface area contributed by atoms with Crippen molar-refractivity contribution < 1.29 is 9.59 Å². The SMILES string of the molecule is Cc1cc(C=C2SC(=O)NC2=O)nc(Cl)n1. The fourth-order valence-corrected chi connectivity index (χ4v) is 2.08. The third-order valence-corrected chi connectivity index (χ3v) is 2.75. The van der Waals surface area contributed by atoms with Gasteiger partial charge in [0, 0.05) is 5.69 Å². The number of aryl methyl sites for hydroxylation is 1. The van der Waals surface area contributed by atoms with E-state index in [9.17, 15) is 9.59 Å². The maximum atomic E-state index is 11.3. The van der Waals surface area contributed by atoms with Gasteiger partial charge in [0.25, 0.3) is 11.1 Å². The van der Waals surface area contributed by atoms with Gasteiger partial charge in [-0.25, -0.2) is 9.97 Å². The van der Waals surface area contributed by atoms with Gasteiger partial charge in [0.2, 0.25) is 5.28 Å². The van der Waals surface area contributed by atoms with Gasteiger partial charge in [-0.3, -0.25) is 14.9 Å². The predicted octanol–water partition coefficient (Wildman–Crippen LogP) is 1.76. The molecule has 7 heteroatoms. The van der Waals surface area contributed by atoms with E-state index in [1.807, 2.05) is 0 Å². The second-order valence-electron chi connectivity index (χ2n) is 3.06. The van der Waals surface area contributed by atoms with Crippen molar-refractivity contribution >= 4 is 40.6 Å². The van der Waals surface area contributed by atoms with Gasteiger partial charge in [-0.05, 0) is 42.4 Å². The largest absolute Gasteiger partial charge is 0.290 e. The van der Waals surface area contributed by atoms with Crippen LogP contribution in [0.1, 0.15) is 11.4 Å². The van der Waals surface area contributed by atoms with Crippen LogP contribution in [0, 0.1) is 6.92 Å². The molecule has 1 aliphatic heterocycles. The number of imide groups is 1. The molecule has 0 spiro atoms. The van der Waals surface area contributed by atoms with Crippen molar-refractivity contribution in [3.05, 3.63) is 27.6 Å². The van der Waals surface area contributed by atoms with Crippen LogP contribution in [0.4, 0.5) is 4.79 Å². The lowest BCUT2D eigenvalue weighted by Crippen LogP contribution is -2.17. The first-order chi connectivity index (χ1) is 7.54. The normalized spacial score (nSPS) is 18.0. The van der Waals surface area contributed by atoms with Crippen molar-refractivity contribution in [3.8, 4) is 0 Å². The molecule has 5 nitrogen and oxygen atoms in total. The first-order valence-electron chi connectivity index (χ1n) is 4.30. The predicted molar refractivity (Wildman–Crippen MR) is 60.9 cm³/mol. The van der Waals surface area contributed by atoms with Crippen molar-refractivity contribution in [1.82, 2.24) is 15.3 Å². The molecule has 0 bridgehead atoms. The highest BCUT2D eigenvalue weighted by atomic mass is 35.5. The smallest absolute Gasteiger partial charge is 0.282 e. The molecule has 1 N–H and O–H groups in total. The Hall–Kier alpha value is -1.40. The lowest BCUT2D eigenvalue weighted by atomic mass is 10.3. The van der Waals surface area contributed by atoms with Gasteiger partial charge in [0.05, 0.1) is 10.6 Å². The minimum atomic E-state index is -0.414. The molecule has 2 heterocycles. The molecule has 2 amide bonds. The molecule has 16 heavy (non-hydrogen) atoms. The van der Waals surface area contributed by atoms with Gasteiger partial charge in [-0.15, -0.1) is 0 Å². The number of carbonyl (C=O) groups is 2. The Kier molecular flexibility index (Phi) is 2.93. The number of thioether (sulfide) groups is 1. The van der Waals surface area contributed by atoms with Gasteiger partial charge in [0.1, 0.15) is 0 Å². The Bertz CT molecular complexity index is 495. The second-order valence-corrected chi connectivity index (χ2v) is 4.41. The Morgan fingerprint density at radius 3 is 2.75 bits per heavy atom. The number of hydrogen-bond acceptors (Lipinski definition) is 5.